The molecule has 0 aliphatic carbocycles. The van der Waals surface area contributed by atoms with E-state index in [9.17, 15) is 4.39 Å². The van der Waals surface area contributed by atoms with Crippen molar-refractivity contribution in [1.29, 1.82) is 0 Å². The highest BCUT2D eigenvalue weighted by atomic mass is 32.1. The van der Waals surface area contributed by atoms with Gasteiger partial charge in [-0.05, 0) is 49.7 Å². The Balaban J connectivity index is 2.04. The summed E-state index contributed by atoms with van der Waals surface area (Å²) in [5.74, 6) is 0.343. The number of halogens is 1. The van der Waals surface area contributed by atoms with Crippen molar-refractivity contribution in [3.8, 4) is 0 Å². The minimum absolute atomic E-state index is 0.175. The Morgan fingerprint density at radius 2 is 2.38 bits per heavy atom. The summed E-state index contributed by atoms with van der Waals surface area (Å²) in [5.41, 5.74) is 1.16. The number of aromatic nitrogens is 1. The van der Waals surface area contributed by atoms with Crippen LogP contribution < -0.4 is 0 Å². The number of fused-ring (bicyclic) bond motifs is 1. The van der Waals surface area contributed by atoms with E-state index in [1.807, 2.05) is 6.07 Å². The van der Waals surface area contributed by atoms with E-state index in [1.54, 1.807) is 6.07 Å². The molecule has 1 aromatic heterocycles. The molecule has 0 radical (unpaired) electrons. The van der Waals surface area contributed by atoms with E-state index in [-0.39, 0.29) is 5.82 Å². The molecule has 3 rings (SSSR count). The van der Waals surface area contributed by atoms with Gasteiger partial charge in [-0.2, -0.15) is 4.37 Å². The molecular weight excluding hydrogens is 223 g/mol. The zero-order valence-corrected chi connectivity index (χ0v) is 9.93. The van der Waals surface area contributed by atoms with Crippen molar-refractivity contribution in [1.82, 2.24) is 9.27 Å². The summed E-state index contributed by atoms with van der Waals surface area (Å²) in [6, 6.07) is 4.97. The van der Waals surface area contributed by atoms with Gasteiger partial charge in [-0.15, -0.1) is 0 Å². The summed E-state index contributed by atoms with van der Waals surface area (Å²) in [6.45, 7) is 2.20. The number of hydrogen-bond donors (Lipinski definition) is 0. The first-order valence-electron chi connectivity index (χ1n) is 5.47. The third-order valence-corrected chi connectivity index (χ3v) is 4.06. The lowest BCUT2D eigenvalue weighted by Gasteiger charge is -2.08. The van der Waals surface area contributed by atoms with Crippen molar-refractivity contribution in [3.63, 3.8) is 0 Å². The molecule has 0 amide bonds. The molecule has 0 spiro atoms. The standard InChI is InChI=1S/C12H13FN2S/c1-15-5-4-8(7-15)12-10-3-2-9(13)6-11(10)16-14-12/h2-3,6,8H,4-5,7H2,1H3/t8-/m1/s1. The van der Waals surface area contributed by atoms with Crippen LogP contribution in [0.5, 0.6) is 0 Å². The largest absolute Gasteiger partial charge is 0.306 e. The summed E-state index contributed by atoms with van der Waals surface area (Å²) < 4.78 is 18.5. The molecule has 1 aliphatic rings. The third-order valence-electron chi connectivity index (χ3n) is 3.24. The zero-order chi connectivity index (χ0) is 11.1. The molecule has 2 nitrogen and oxygen atoms in total. The predicted molar refractivity (Wildman–Crippen MR) is 64.4 cm³/mol. The fourth-order valence-electron chi connectivity index (χ4n) is 2.38. The maximum Gasteiger partial charge on any atom is 0.124 e. The van der Waals surface area contributed by atoms with Gasteiger partial charge >= 0.3 is 0 Å². The Hall–Kier alpha value is -1.00. The van der Waals surface area contributed by atoms with Crippen LogP contribution in [0.4, 0.5) is 4.39 Å². The lowest BCUT2D eigenvalue weighted by molar-refractivity contribution is 0.411. The van der Waals surface area contributed by atoms with Gasteiger partial charge in [-0.25, -0.2) is 4.39 Å². The zero-order valence-electron chi connectivity index (χ0n) is 9.11. The number of nitrogens with zero attached hydrogens (tertiary/aromatic N) is 2. The average Bonchev–Trinajstić information content (AvgIpc) is 2.83. The molecule has 0 unspecified atom stereocenters. The van der Waals surface area contributed by atoms with Gasteiger partial charge in [0.05, 0.1) is 10.4 Å². The SMILES string of the molecule is CN1CC[C@@H](c2nsc3cc(F)ccc23)C1. The third kappa shape index (κ3) is 1.62. The highest BCUT2D eigenvalue weighted by Gasteiger charge is 2.24. The Morgan fingerprint density at radius 3 is 3.12 bits per heavy atom. The second-order valence-electron chi connectivity index (χ2n) is 4.46. The van der Waals surface area contributed by atoms with Crippen LogP contribution >= 0.6 is 11.5 Å². The second kappa shape index (κ2) is 3.79. The molecule has 1 fully saturated rings. The summed E-state index contributed by atoms with van der Waals surface area (Å²) in [7, 11) is 2.13. The van der Waals surface area contributed by atoms with E-state index in [1.165, 1.54) is 17.6 Å². The maximum atomic E-state index is 13.1. The predicted octanol–water partition coefficient (Wildman–Crippen LogP) is 2.85. The van der Waals surface area contributed by atoms with Crippen LogP contribution in [0.25, 0.3) is 10.1 Å². The first kappa shape index (κ1) is 10.2. The molecule has 0 bridgehead atoms. The molecular formula is C12H13FN2S. The highest BCUT2D eigenvalue weighted by molar-refractivity contribution is 7.13. The number of benzene rings is 1. The van der Waals surface area contributed by atoms with E-state index in [2.05, 4.69) is 16.3 Å². The Morgan fingerprint density at radius 1 is 1.50 bits per heavy atom. The van der Waals surface area contributed by atoms with Crippen molar-refractivity contribution in [3.05, 3.63) is 29.7 Å². The number of rotatable bonds is 1. The van der Waals surface area contributed by atoms with Gasteiger partial charge in [0.15, 0.2) is 0 Å². The van der Waals surface area contributed by atoms with E-state index >= 15 is 0 Å². The van der Waals surface area contributed by atoms with Gasteiger partial charge in [-0.1, -0.05) is 0 Å². The van der Waals surface area contributed by atoms with E-state index in [0.29, 0.717) is 5.92 Å². The molecule has 4 heteroatoms. The summed E-state index contributed by atoms with van der Waals surface area (Å²) in [6.07, 6.45) is 1.16. The highest BCUT2D eigenvalue weighted by Crippen LogP contribution is 2.33. The van der Waals surface area contributed by atoms with Crippen LogP contribution in [0.2, 0.25) is 0 Å². The molecule has 1 saturated heterocycles. The summed E-state index contributed by atoms with van der Waals surface area (Å²) in [4.78, 5) is 2.32. The summed E-state index contributed by atoms with van der Waals surface area (Å²) in [5, 5.41) is 1.13. The number of likely N-dealkylation sites (N-methyl/N-ethyl adjacent to an activating group) is 1. The first-order chi connectivity index (χ1) is 7.74. The number of hydrogen-bond acceptors (Lipinski definition) is 3. The van der Waals surface area contributed by atoms with Gasteiger partial charge < -0.3 is 4.90 Å². The molecule has 16 heavy (non-hydrogen) atoms. The Kier molecular flexibility index (Phi) is 2.41. The van der Waals surface area contributed by atoms with Crippen LogP contribution in [-0.4, -0.2) is 29.4 Å². The van der Waals surface area contributed by atoms with Crippen LogP contribution in [-0.2, 0) is 0 Å². The fourth-order valence-corrected chi connectivity index (χ4v) is 3.26. The molecule has 1 aliphatic heterocycles. The smallest absolute Gasteiger partial charge is 0.124 e. The van der Waals surface area contributed by atoms with Crippen LogP contribution in [0.1, 0.15) is 18.0 Å². The molecule has 0 saturated carbocycles. The molecule has 1 aromatic carbocycles. The second-order valence-corrected chi connectivity index (χ2v) is 5.26. The quantitative estimate of drug-likeness (QED) is 0.757. The molecule has 0 N–H and O–H groups in total. The molecule has 2 aromatic rings. The fraction of sp³-hybridized carbons (Fsp3) is 0.417. The summed E-state index contributed by atoms with van der Waals surface area (Å²) >= 11 is 1.41. The topological polar surface area (TPSA) is 16.1 Å². The van der Waals surface area contributed by atoms with Crippen molar-refractivity contribution in [2.24, 2.45) is 0 Å². The lowest BCUT2D eigenvalue weighted by Crippen LogP contribution is -2.13. The van der Waals surface area contributed by atoms with E-state index in [4.69, 9.17) is 0 Å². The molecule has 84 valence electrons. The average molecular weight is 236 g/mol. The molecule has 1 atom stereocenters. The van der Waals surface area contributed by atoms with Crippen molar-refractivity contribution in [2.75, 3.05) is 20.1 Å². The van der Waals surface area contributed by atoms with Gasteiger partial charge in [0.1, 0.15) is 5.82 Å². The lowest BCUT2D eigenvalue weighted by atomic mass is 10.0. The van der Waals surface area contributed by atoms with Crippen molar-refractivity contribution in [2.45, 2.75) is 12.3 Å². The van der Waals surface area contributed by atoms with E-state index in [0.717, 1.165) is 35.3 Å². The van der Waals surface area contributed by atoms with Gasteiger partial charge in [0.2, 0.25) is 0 Å². The van der Waals surface area contributed by atoms with Crippen LogP contribution in [0.3, 0.4) is 0 Å². The normalized spacial score (nSPS) is 22.0. The first-order valence-corrected chi connectivity index (χ1v) is 6.25. The van der Waals surface area contributed by atoms with E-state index < -0.39 is 0 Å². The van der Waals surface area contributed by atoms with Crippen LogP contribution in [0.15, 0.2) is 18.2 Å². The minimum Gasteiger partial charge on any atom is -0.306 e. The minimum atomic E-state index is -0.175. The molecule has 2 heterocycles. The maximum absolute atomic E-state index is 13.1. The Bertz CT molecular complexity index is 523. The number of likely N-dealkylation sites (tertiary alicyclic amines) is 1. The van der Waals surface area contributed by atoms with Crippen molar-refractivity contribution >= 4 is 21.6 Å². The van der Waals surface area contributed by atoms with Crippen molar-refractivity contribution < 1.29 is 4.39 Å². The Labute approximate surface area is 97.9 Å². The van der Waals surface area contributed by atoms with Crippen LogP contribution in [0, 0.1) is 5.82 Å². The van der Waals surface area contributed by atoms with Gasteiger partial charge in [0.25, 0.3) is 0 Å². The van der Waals surface area contributed by atoms with Gasteiger partial charge in [-0.3, -0.25) is 0 Å². The monoisotopic (exact) mass is 236 g/mol. The van der Waals surface area contributed by atoms with Gasteiger partial charge in [0, 0.05) is 17.8 Å².